The van der Waals surface area contributed by atoms with E-state index in [0.29, 0.717) is 34.1 Å². The first-order chi connectivity index (χ1) is 11.2. The van der Waals surface area contributed by atoms with E-state index < -0.39 is 0 Å². The summed E-state index contributed by atoms with van der Waals surface area (Å²) >= 11 is 12.0. The highest BCUT2D eigenvalue weighted by molar-refractivity contribution is 6.35. The first-order valence-electron chi connectivity index (χ1n) is 6.81. The number of nitrogens with zero attached hydrogens (tertiary/aromatic N) is 2. The quantitative estimate of drug-likeness (QED) is 0.725. The van der Waals surface area contributed by atoms with Crippen LogP contribution in [0.2, 0.25) is 10.0 Å². The summed E-state index contributed by atoms with van der Waals surface area (Å²) in [4.78, 5) is 0. The maximum absolute atomic E-state index is 6.10. The fourth-order valence-electron chi connectivity index (χ4n) is 2.00. The Bertz CT molecular complexity index is 821. The Morgan fingerprint density at radius 3 is 2.83 bits per heavy atom. The number of anilines is 1. The smallest absolute Gasteiger partial charge is 0.247 e. The van der Waals surface area contributed by atoms with Gasteiger partial charge in [-0.1, -0.05) is 29.3 Å². The summed E-state index contributed by atoms with van der Waals surface area (Å²) in [5.74, 6) is 1.60. The largest absolute Gasteiger partial charge is 0.497 e. The molecule has 1 aromatic heterocycles. The lowest BCUT2D eigenvalue weighted by atomic mass is 10.2. The molecular weight excluding hydrogens is 337 g/mol. The second-order valence-electron chi connectivity index (χ2n) is 4.71. The number of halogens is 2. The van der Waals surface area contributed by atoms with E-state index in [1.165, 1.54) is 0 Å². The van der Waals surface area contributed by atoms with E-state index in [4.69, 9.17) is 32.4 Å². The van der Waals surface area contributed by atoms with Gasteiger partial charge in [0.2, 0.25) is 11.8 Å². The zero-order chi connectivity index (χ0) is 16.2. The van der Waals surface area contributed by atoms with Gasteiger partial charge in [-0.05, 0) is 36.4 Å². The number of hydrogen-bond acceptors (Lipinski definition) is 5. The van der Waals surface area contributed by atoms with Crippen LogP contribution in [0, 0.1) is 0 Å². The summed E-state index contributed by atoms with van der Waals surface area (Å²) in [6.07, 6.45) is 0. The van der Waals surface area contributed by atoms with Crippen molar-refractivity contribution in [2.45, 2.75) is 6.54 Å². The molecule has 0 saturated carbocycles. The van der Waals surface area contributed by atoms with Crippen LogP contribution < -0.4 is 10.1 Å². The fraction of sp³-hybridized carbons (Fsp3) is 0.125. The zero-order valence-electron chi connectivity index (χ0n) is 12.2. The van der Waals surface area contributed by atoms with Crippen molar-refractivity contribution in [1.82, 2.24) is 10.2 Å². The third kappa shape index (κ3) is 3.75. The van der Waals surface area contributed by atoms with Gasteiger partial charge in [0, 0.05) is 10.6 Å². The van der Waals surface area contributed by atoms with Crippen molar-refractivity contribution >= 4 is 28.9 Å². The Balaban J connectivity index is 1.73. The Labute approximate surface area is 143 Å². The van der Waals surface area contributed by atoms with Gasteiger partial charge >= 0.3 is 0 Å². The number of nitrogens with one attached hydrogen (secondary N) is 1. The molecule has 118 valence electrons. The van der Waals surface area contributed by atoms with Crippen molar-refractivity contribution in [2.75, 3.05) is 12.4 Å². The summed E-state index contributed by atoms with van der Waals surface area (Å²) in [7, 11) is 1.61. The lowest BCUT2D eigenvalue weighted by Crippen LogP contribution is -2.00. The first-order valence-corrected chi connectivity index (χ1v) is 7.57. The van der Waals surface area contributed by atoms with Crippen LogP contribution in [0.4, 0.5) is 5.69 Å². The number of rotatable bonds is 5. The third-order valence-corrected chi connectivity index (χ3v) is 3.71. The van der Waals surface area contributed by atoms with E-state index in [1.807, 2.05) is 24.3 Å². The van der Waals surface area contributed by atoms with E-state index in [-0.39, 0.29) is 0 Å². The minimum atomic E-state index is 0.344. The predicted molar refractivity (Wildman–Crippen MR) is 90.1 cm³/mol. The maximum Gasteiger partial charge on any atom is 0.247 e. The molecule has 0 spiro atoms. The van der Waals surface area contributed by atoms with Gasteiger partial charge in [-0.2, -0.15) is 0 Å². The van der Waals surface area contributed by atoms with Gasteiger partial charge in [-0.15, -0.1) is 10.2 Å². The van der Waals surface area contributed by atoms with Gasteiger partial charge in [0.15, 0.2) is 0 Å². The van der Waals surface area contributed by atoms with Crippen molar-refractivity contribution in [3.05, 3.63) is 58.4 Å². The highest BCUT2D eigenvalue weighted by Gasteiger charge is 2.10. The molecule has 0 amide bonds. The van der Waals surface area contributed by atoms with Gasteiger partial charge in [0.1, 0.15) is 5.75 Å². The average Bonchev–Trinajstić information content (AvgIpc) is 3.05. The average molecular weight is 350 g/mol. The Kier molecular flexibility index (Phi) is 4.69. The SMILES string of the molecule is COc1cccc(-c2nnc(CNc3cc(Cl)ccc3Cl)o2)c1. The normalized spacial score (nSPS) is 10.6. The highest BCUT2D eigenvalue weighted by Crippen LogP contribution is 2.26. The number of aromatic nitrogens is 2. The van der Waals surface area contributed by atoms with E-state index >= 15 is 0 Å². The minimum absolute atomic E-state index is 0.344. The molecule has 0 saturated heterocycles. The molecule has 3 aromatic rings. The number of benzene rings is 2. The topological polar surface area (TPSA) is 60.2 Å². The Morgan fingerprint density at radius 1 is 1.13 bits per heavy atom. The van der Waals surface area contributed by atoms with Crippen molar-refractivity contribution in [3.63, 3.8) is 0 Å². The molecule has 0 aliphatic carbocycles. The maximum atomic E-state index is 6.10. The van der Waals surface area contributed by atoms with Gasteiger partial charge in [0.25, 0.3) is 0 Å². The van der Waals surface area contributed by atoms with Crippen LogP contribution in [0.15, 0.2) is 46.9 Å². The molecule has 3 rings (SSSR count). The zero-order valence-corrected chi connectivity index (χ0v) is 13.7. The van der Waals surface area contributed by atoms with Crippen molar-refractivity contribution in [2.24, 2.45) is 0 Å². The third-order valence-electron chi connectivity index (χ3n) is 3.14. The van der Waals surface area contributed by atoms with Crippen molar-refractivity contribution in [1.29, 1.82) is 0 Å². The molecule has 1 heterocycles. The number of ether oxygens (including phenoxy) is 1. The number of methoxy groups -OCH3 is 1. The summed E-state index contributed by atoms with van der Waals surface area (Å²) in [6, 6.07) is 12.6. The molecule has 0 aliphatic rings. The molecule has 0 radical (unpaired) electrons. The second kappa shape index (κ2) is 6.89. The molecule has 1 N–H and O–H groups in total. The van der Waals surface area contributed by atoms with Crippen LogP contribution in [0.3, 0.4) is 0 Å². The number of hydrogen-bond donors (Lipinski definition) is 1. The Hall–Kier alpha value is -2.24. The molecule has 0 aliphatic heterocycles. The van der Waals surface area contributed by atoms with Crippen LogP contribution in [-0.2, 0) is 6.54 Å². The molecule has 2 aromatic carbocycles. The lowest BCUT2D eigenvalue weighted by molar-refractivity contribution is 0.414. The summed E-state index contributed by atoms with van der Waals surface area (Å²) in [5.41, 5.74) is 1.50. The monoisotopic (exact) mass is 349 g/mol. The highest BCUT2D eigenvalue weighted by atomic mass is 35.5. The molecule has 0 unspecified atom stereocenters. The molecule has 0 bridgehead atoms. The summed E-state index contributed by atoms with van der Waals surface area (Å²) in [6.45, 7) is 0.344. The van der Waals surface area contributed by atoms with Crippen LogP contribution in [-0.4, -0.2) is 17.3 Å². The molecule has 23 heavy (non-hydrogen) atoms. The molecule has 5 nitrogen and oxygen atoms in total. The molecule has 0 fully saturated rings. The molecular formula is C16H13Cl2N3O2. The minimum Gasteiger partial charge on any atom is -0.497 e. The predicted octanol–water partition coefficient (Wildman–Crippen LogP) is 4.66. The van der Waals surface area contributed by atoms with Crippen LogP contribution in [0.25, 0.3) is 11.5 Å². The van der Waals surface area contributed by atoms with Gasteiger partial charge in [-0.3, -0.25) is 0 Å². The van der Waals surface area contributed by atoms with Gasteiger partial charge in [0.05, 0.1) is 24.4 Å². The van der Waals surface area contributed by atoms with E-state index in [0.717, 1.165) is 11.3 Å². The fourth-order valence-corrected chi connectivity index (χ4v) is 2.36. The summed E-state index contributed by atoms with van der Waals surface area (Å²) in [5, 5.41) is 12.4. The van der Waals surface area contributed by atoms with Crippen molar-refractivity contribution < 1.29 is 9.15 Å². The van der Waals surface area contributed by atoms with Crippen LogP contribution in [0.5, 0.6) is 5.75 Å². The van der Waals surface area contributed by atoms with E-state index in [2.05, 4.69) is 15.5 Å². The summed E-state index contributed by atoms with van der Waals surface area (Å²) < 4.78 is 10.8. The van der Waals surface area contributed by atoms with Gasteiger partial charge in [-0.25, -0.2) is 0 Å². The second-order valence-corrected chi connectivity index (χ2v) is 5.55. The molecule has 7 heteroatoms. The lowest BCUT2D eigenvalue weighted by Gasteiger charge is -2.06. The Morgan fingerprint density at radius 2 is 2.00 bits per heavy atom. The van der Waals surface area contributed by atoms with Crippen molar-refractivity contribution in [3.8, 4) is 17.2 Å². The standard InChI is InChI=1S/C16H13Cl2N3O2/c1-22-12-4-2-3-10(7-12)16-21-20-15(23-16)9-19-14-8-11(17)5-6-13(14)18/h2-8,19H,9H2,1H3. The molecule has 0 atom stereocenters. The first kappa shape index (κ1) is 15.6. The van der Waals surface area contributed by atoms with Gasteiger partial charge < -0.3 is 14.5 Å². The van der Waals surface area contributed by atoms with E-state index in [1.54, 1.807) is 25.3 Å². The van der Waals surface area contributed by atoms with E-state index in [9.17, 15) is 0 Å². The van der Waals surface area contributed by atoms with Crippen LogP contribution in [0.1, 0.15) is 5.89 Å². The van der Waals surface area contributed by atoms with Crippen LogP contribution >= 0.6 is 23.2 Å².